The zero-order valence-corrected chi connectivity index (χ0v) is 16.6. The summed E-state index contributed by atoms with van der Waals surface area (Å²) in [6, 6.07) is 30.9. The van der Waals surface area contributed by atoms with Gasteiger partial charge in [0.1, 0.15) is 0 Å². The minimum atomic E-state index is -2.87. The van der Waals surface area contributed by atoms with E-state index in [1.807, 2.05) is 60.7 Å². The lowest BCUT2D eigenvalue weighted by atomic mass is 10.0. The first-order valence-electron chi connectivity index (χ1n) is 9.70. The molecule has 0 unspecified atom stereocenters. The summed E-state index contributed by atoms with van der Waals surface area (Å²) in [6.07, 6.45) is 2.02. The second kappa shape index (κ2) is 7.84. The van der Waals surface area contributed by atoms with E-state index in [1.54, 1.807) is 0 Å². The quantitative estimate of drug-likeness (QED) is 0.593. The van der Waals surface area contributed by atoms with Crippen molar-refractivity contribution in [3.8, 4) is 0 Å². The molecule has 27 heavy (non-hydrogen) atoms. The zero-order valence-electron chi connectivity index (χ0n) is 15.7. The van der Waals surface area contributed by atoms with Crippen molar-refractivity contribution in [3.63, 3.8) is 0 Å². The van der Waals surface area contributed by atoms with Gasteiger partial charge in [-0.15, -0.1) is 0 Å². The molecule has 1 fully saturated rings. The summed E-state index contributed by atoms with van der Waals surface area (Å²) in [6.45, 7) is 3.15. The largest absolute Gasteiger partial charge is 0.296 e. The van der Waals surface area contributed by atoms with E-state index in [9.17, 15) is 4.57 Å². The lowest BCUT2D eigenvalue weighted by Gasteiger charge is -2.34. The molecule has 1 heterocycles. The summed E-state index contributed by atoms with van der Waals surface area (Å²) >= 11 is 0. The van der Waals surface area contributed by atoms with E-state index >= 15 is 0 Å². The molecule has 0 saturated carbocycles. The number of hydrogen-bond acceptors (Lipinski definition) is 1. The standard InChI is InChI=1S/C24H26NOP/c1-20-17-22(18-21-11-5-2-6-12-21)25(19-20)27(26,23-13-7-3-8-14-23)24-15-9-4-10-16-24/h2-16,20,22H,17-19H2,1H3/t20-,22+/m0/s1. The van der Waals surface area contributed by atoms with E-state index in [-0.39, 0.29) is 6.04 Å². The first-order chi connectivity index (χ1) is 13.2. The fourth-order valence-electron chi connectivity index (χ4n) is 4.25. The van der Waals surface area contributed by atoms with Crippen LogP contribution in [0.25, 0.3) is 0 Å². The zero-order chi connectivity index (χ0) is 18.7. The highest BCUT2D eigenvalue weighted by molar-refractivity contribution is 7.76. The van der Waals surface area contributed by atoms with Gasteiger partial charge in [-0.25, -0.2) is 4.67 Å². The number of nitrogens with zero attached hydrogens (tertiary/aromatic N) is 1. The molecular weight excluding hydrogens is 349 g/mol. The van der Waals surface area contributed by atoms with Gasteiger partial charge in [0.2, 0.25) is 7.29 Å². The molecule has 0 amide bonds. The molecule has 138 valence electrons. The SMILES string of the molecule is C[C@H]1C[C@H](Cc2ccccc2)N(P(=O)(c2ccccc2)c2ccccc2)C1. The van der Waals surface area contributed by atoms with Crippen LogP contribution in [-0.4, -0.2) is 17.3 Å². The van der Waals surface area contributed by atoms with Crippen LogP contribution in [0.1, 0.15) is 18.9 Å². The maximum absolute atomic E-state index is 14.7. The molecule has 2 nitrogen and oxygen atoms in total. The Balaban J connectivity index is 1.78. The Kier molecular flexibility index (Phi) is 5.29. The maximum atomic E-state index is 14.7. The molecule has 0 N–H and O–H groups in total. The molecule has 2 atom stereocenters. The Morgan fingerprint density at radius 3 is 1.81 bits per heavy atom. The Bertz CT molecular complexity index is 867. The van der Waals surface area contributed by atoms with Crippen molar-refractivity contribution in [2.45, 2.75) is 25.8 Å². The lowest BCUT2D eigenvalue weighted by Crippen LogP contribution is -2.37. The van der Waals surface area contributed by atoms with Crippen molar-refractivity contribution >= 4 is 17.9 Å². The summed E-state index contributed by atoms with van der Waals surface area (Å²) in [7, 11) is -2.87. The van der Waals surface area contributed by atoms with Crippen LogP contribution in [0.15, 0.2) is 91.0 Å². The van der Waals surface area contributed by atoms with Crippen molar-refractivity contribution in [3.05, 3.63) is 96.6 Å². The molecule has 1 aliphatic rings. The molecule has 3 aromatic carbocycles. The highest BCUT2D eigenvalue weighted by Gasteiger charge is 2.43. The van der Waals surface area contributed by atoms with Crippen molar-refractivity contribution < 1.29 is 4.57 Å². The molecule has 4 rings (SSSR count). The predicted octanol–water partition coefficient (Wildman–Crippen LogP) is 4.87. The Labute approximate surface area is 162 Å². The van der Waals surface area contributed by atoms with Crippen LogP contribution in [0.5, 0.6) is 0 Å². The number of rotatable bonds is 5. The average molecular weight is 375 g/mol. The Morgan fingerprint density at radius 2 is 1.30 bits per heavy atom. The minimum Gasteiger partial charge on any atom is -0.296 e. The average Bonchev–Trinajstić information content (AvgIpc) is 3.10. The highest BCUT2D eigenvalue weighted by Crippen LogP contribution is 2.52. The van der Waals surface area contributed by atoms with Gasteiger partial charge in [0.25, 0.3) is 0 Å². The van der Waals surface area contributed by atoms with E-state index in [2.05, 4.69) is 41.9 Å². The van der Waals surface area contributed by atoms with E-state index in [0.717, 1.165) is 30.0 Å². The van der Waals surface area contributed by atoms with Gasteiger partial charge in [-0.3, -0.25) is 4.57 Å². The third kappa shape index (κ3) is 3.65. The molecular formula is C24H26NOP. The smallest absolute Gasteiger partial charge is 0.207 e. The van der Waals surface area contributed by atoms with E-state index < -0.39 is 7.29 Å². The second-order valence-electron chi connectivity index (χ2n) is 7.55. The van der Waals surface area contributed by atoms with Crippen molar-refractivity contribution in [1.82, 2.24) is 4.67 Å². The summed E-state index contributed by atoms with van der Waals surface area (Å²) in [5.41, 5.74) is 1.31. The van der Waals surface area contributed by atoms with E-state index in [0.29, 0.717) is 5.92 Å². The third-order valence-electron chi connectivity index (χ3n) is 5.48. The van der Waals surface area contributed by atoms with Crippen molar-refractivity contribution in [2.75, 3.05) is 6.54 Å². The lowest BCUT2D eigenvalue weighted by molar-refractivity contribution is 0.393. The molecule has 3 heteroatoms. The van der Waals surface area contributed by atoms with Crippen LogP contribution in [0.2, 0.25) is 0 Å². The normalized spacial score (nSPS) is 20.6. The Morgan fingerprint density at radius 1 is 0.815 bits per heavy atom. The Hall–Kier alpha value is -2.15. The molecule has 3 aromatic rings. The van der Waals surface area contributed by atoms with Crippen LogP contribution in [0, 0.1) is 5.92 Å². The summed E-state index contributed by atoms with van der Waals surface area (Å²) in [5.74, 6) is 0.541. The molecule has 1 saturated heterocycles. The molecule has 1 aliphatic heterocycles. The molecule has 0 bridgehead atoms. The van der Waals surface area contributed by atoms with Gasteiger partial charge in [0.05, 0.1) is 0 Å². The minimum absolute atomic E-state index is 0.286. The fourth-order valence-corrected chi connectivity index (χ4v) is 7.44. The molecule has 0 aromatic heterocycles. The van der Waals surface area contributed by atoms with Crippen LogP contribution in [-0.2, 0) is 11.0 Å². The van der Waals surface area contributed by atoms with Gasteiger partial charge in [0, 0.05) is 23.2 Å². The van der Waals surface area contributed by atoms with Gasteiger partial charge in [-0.1, -0.05) is 73.7 Å². The van der Waals surface area contributed by atoms with E-state index in [1.165, 1.54) is 5.56 Å². The summed E-state index contributed by atoms with van der Waals surface area (Å²) in [4.78, 5) is 0. The third-order valence-corrected chi connectivity index (χ3v) is 8.69. The first-order valence-corrected chi connectivity index (χ1v) is 11.4. The predicted molar refractivity (Wildman–Crippen MR) is 114 cm³/mol. The summed E-state index contributed by atoms with van der Waals surface area (Å²) in [5, 5.41) is 1.87. The second-order valence-corrected chi connectivity index (χ2v) is 10.3. The molecule has 0 radical (unpaired) electrons. The van der Waals surface area contributed by atoms with Crippen LogP contribution in [0.4, 0.5) is 0 Å². The molecule has 0 spiro atoms. The van der Waals surface area contributed by atoms with Gasteiger partial charge in [-0.2, -0.15) is 0 Å². The van der Waals surface area contributed by atoms with Crippen molar-refractivity contribution in [2.24, 2.45) is 5.92 Å². The number of benzene rings is 3. The van der Waals surface area contributed by atoms with Gasteiger partial charge >= 0.3 is 0 Å². The number of hydrogen-bond donors (Lipinski definition) is 0. The van der Waals surface area contributed by atoms with Gasteiger partial charge < -0.3 is 0 Å². The van der Waals surface area contributed by atoms with Gasteiger partial charge in [0.15, 0.2) is 0 Å². The van der Waals surface area contributed by atoms with Gasteiger partial charge in [-0.05, 0) is 48.6 Å². The first kappa shape index (κ1) is 18.2. The summed E-state index contributed by atoms with van der Waals surface area (Å²) < 4.78 is 17.0. The van der Waals surface area contributed by atoms with Crippen LogP contribution < -0.4 is 10.6 Å². The van der Waals surface area contributed by atoms with Crippen molar-refractivity contribution in [1.29, 1.82) is 0 Å². The fraction of sp³-hybridized carbons (Fsp3) is 0.250. The topological polar surface area (TPSA) is 20.3 Å². The molecule has 0 aliphatic carbocycles. The van der Waals surface area contributed by atoms with Crippen LogP contribution in [0.3, 0.4) is 0 Å². The highest BCUT2D eigenvalue weighted by atomic mass is 31.2. The van der Waals surface area contributed by atoms with E-state index in [4.69, 9.17) is 0 Å². The monoisotopic (exact) mass is 375 g/mol. The maximum Gasteiger partial charge on any atom is 0.207 e. The van der Waals surface area contributed by atoms with Crippen LogP contribution >= 0.6 is 7.29 Å².